The molecule has 216 valence electrons. The highest BCUT2D eigenvalue weighted by atomic mass is 16.2. The Labute approximate surface area is 251 Å². The molecule has 4 aromatic rings. The van der Waals surface area contributed by atoms with E-state index in [1.807, 2.05) is 65.6 Å². The maximum absolute atomic E-state index is 14.3. The lowest BCUT2D eigenvalue weighted by atomic mass is 9.80. The first kappa shape index (κ1) is 27.5. The Morgan fingerprint density at radius 1 is 0.744 bits per heavy atom. The van der Waals surface area contributed by atoms with Crippen LogP contribution < -0.4 is 4.90 Å². The van der Waals surface area contributed by atoms with Gasteiger partial charge in [-0.1, -0.05) is 91.3 Å². The van der Waals surface area contributed by atoms with Gasteiger partial charge in [0.05, 0.1) is 0 Å². The normalized spacial score (nSPS) is 23.3. The van der Waals surface area contributed by atoms with Gasteiger partial charge in [0.15, 0.2) is 11.6 Å². The smallest absolute Gasteiger partial charge is 0.227 e. The molecule has 0 spiro atoms. The molecule has 2 aliphatic carbocycles. The number of benzene rings is 4. The lowest BCUT2D eigenvalue weighted by molar-refractivity contribution is -0.124. The van der Waals surface area contributed by atoms with E-state index in [1.165, 1.54) is 5.56 Å². The minimum atomic E-state index is -0.564. The predicted molar refractivity (Wildman–Crippen MR) is 168 cm³/mol. The fourth-order valence-electron chi connectivity index (χ4n) is 7.84. The quantitative estimate of drug-likeness (QED) is 0.249. The topological polar surface area (TPSA) is 71.5 Å². The third-order valence-corrected chi connectivity index (χ3v) is 9.88. The Morgan fingerprint density at radius 2 is 1.49 bits per heavy atom. The summed E-state index contributed by atoms with van der Waals surface area (Å²) < 4.78 is 0. The molecule has 5 heteroatoms. The molecule has 1 aliphatic heterocycles. The Bertz CT molecular complexity index is 1740. The second-order valence-corrected chi connectivity index (χ2v) is 12.4. The van der Waals surface area contributed by atoms with Crippen molar-refractivity contribution in [2.45, 2.75) is 63.3 Å². The molecule has 43 heavy (non-hydrogen) atoms. The lowest BCUT2D eigenvalue weighted by Crippen LogP contribution is -2.47. The first-order valence-corrected chi connectivity index (χ1v) is 15.6. The van der Waals surface area contributed by atoms with Crippen LogP contribution in [0, 0.1) is 11.8 Å². The summed E-state index contributed by atoms with van der Waals surface area (Å²) in [6, 6.07) is 29.3. The summed E-state index contributed by atoms with van der Waals surface area (Å²) in [7, 11) is 0. The molecule has 4 aromatic carbocycles. The van der Waals surface area contributed by atoms with Gasteiger partial charge in [0.25, 0.3) is 0 Å². The number of carbonyl (C=O) groups is 4. The number of nitrogens with zero attached hydrogens (tertiary/aromatic N) is 1. The Balaban J connectivity index is 1.20. The molecule has 3 aliphatic rings. The molecule has 0 aromatic heterocycles. The van der Waals surface area contributed by atoms with Crippen LogP contribution in [0.15, 0.2) is 91.0 Å². The van der Waals surface area contributed by atoms with Crippen LogP contribution in [-0.2, 0) is 16.0 Å². The van der Waals surface area contributed by atoms with Gasteiger partial charge in [0.2, 0.25) is 5.91 Å². The van der Waals surface area contributed by atoms with E-state index in [-0.39, 0.29) is 54.0 Å². The first-order valence-electron chi connectivity index (χ1n) is 15.6. The number of amides is 1. The zero-order chi connectivity index (χ0) is 29.5. The van der Waals surface area contributed by atoms with E-state index in [0.29, 0.717) is 24.0 Å². The number of hydrogen-bond donors (Lipinski definition) is 0. The maximum Gasteiger partial charge on any atom is 0.227 e. The number of hydrogen-bond acceptors (Lipinski definition) is 4. The highest BCUT2D eigenvalue weighted by molar-refractivity contribution is 6.20. The molecule has 1 saturated carbocycles. The summed E-state index contributed by atoms with van der Waals surface area (Å²) in [5, 5.41) is 1.61. The monoisotopic (exact) mass is 569 g/mol. The maximum atomic E-state index is 14.3. The van der Waals surface area contributed by atoms with Crippen molar-refractivity contribution in [1.29, 1.82) is 0 Å². The summed E-state index contributed by atoms with van der Waals surface area (Å²) in [6.45, 7) is 0. The predicted octanol–water partition coefficient (Wildman–Crippen LogP) is 7.51. The summed E-state index contributed by atoms with van der Waals surface area (Å²) in [6.07, 6.45) is 4.24. The molecule has 4 unspecified atom stereocenters. The number of anilines is 1. The number of para-hydroxylation sites is 1. The Hall–Kier alpha value is -4.38. The third kappa shape index (κ3) is 5.01. The molecule has 0 radical (unpaired) electrons. The van der Waals surface area contributed by atoms with Crippen LogP contribution in [0.5, 0.6) is 0 Å². The molecule has 1 fully saturated rings. The second-order valence-electron chi connectivity index (χ2n) is 12.4. The van der Waals surface area contributed by atoms with Crippen LogP contribution in [0.3, 0.4) is 0 Å². The van der Waals surface area contributed by atoms with Crippen LogP contribution in [0.25, 0.3) is 10.8 Å². The van der Waals surface area contributed by atoms with Crippen molar-refractivity contribution in [3.05, 3.63) is 113 Å². The third-order valence-electron chi connectivity index (χ3n) is 9.88. The molecule has 1 heterocycles. The number of carbonyl (C=O) groups excluding carboxylic acids is 4. The minimum Gasteiger partial charge on any atom is -0.308 e. The van der Waals surface area contributed by atoms with Crippen molar-refractivity contribution >= 4 is 39.7 Å². The summed E-state index contributed by atoms with van der Waals surface area (Å²) >= 11 is 0. The van der Waals surface area contributed by atoms with Crippen LogP contribution in [-0.4, -0.2) is 29.3 Å². The fraction of sp³-hybridized carbons (Fsp3) is 0.316. The van der Waals surface area contributed by atoms with Crippen LogP contribution in [0.1, 0.15) is 82.7 Å². The van der Waals surface area contributed by atoms with E-state index in [0.717, 1.165) is 47.7 Å². The molecule has 1 amide bonds. The van der Waals surface area contributed by atoms with Gasteiger partial charge in [0.1, 0.15) is 5.78 Å². The minimum absolute atomic E-state index is 0.0250. The van der Waals surface area contributed by atoms with Gasteiger partial charge in [-0.25, -0.2) is 0 Å². The number of Topliss-reactive ketones (excluding diaryl/α,β-unsaturated/α-hetero) is 3. The van der Waals surface area contributed by atoms with E-state index < -0.39 is 5.92 Å². The average Bonchev–Trinajstić information content (AvgIpc) is 3.47. The molecule has 0 saturated heterocycles. The van der Waals surface area contributed by atoms with Gasteiger partial charge < -0.3 is 4.90 Å². The Morgan fingerprint density at radius 3 is 2.30 bits per heavy atom. The molecule has 4 atom stereocenters. The highest BCUT2D eigenvalue weighted by Gasteiger charge is 2.43. The van der Waals surface area contributed by atoms with Crippen molar-refractivity contribution in [3.63, 3.8) is 0 Å². The SMILES string of the molecule is O=C1CC(CCC(=O)N2c3ccccc3C(Cc3ccccc3)CC(=O)C3CCCC32)C(=O)c2cccc3cccc1c23. The number of rotatable bonds is 5. The highest BCUT2D eigenvalue weighted by Crippen LogP contribution is 2.43. The van der Waals surface area contributed by atoms with Crippen molar-refractivity contribution in [2.24, 2.45) is 11.8 Å². The number of ketones is 3. The van der Waals surface area contributed by atoms with Gasteiger partial charge in [0, 0.05) is 59.3 Å². The zero-order valence-corrected chi connectivity index (χ0v) is 24.2. The first-order chi connectivity index (χ1) is 21.0. The molecule has 7 rings (SSSR count). The van der Waals surface area contributed by atoms with Gasteiger partial charge in [-0.3, -0.25) is 19.2 Å². The van der Waals surface area contributed by atoms with E-state index >= 15 is 0 Å². The van der Waals surface area contributed by atoms with Crippen molar-refractivity contribution in [2.75, 3.05) is 4.90 Å². The van der Waals surface area contributed by atoms with Crippen molar-refractivity contribution in [1.82, 2.24) is 0 Å². The fourth-order valence-corrected chi connectivity index (χ4v) is 7.84. The van der Waals surface area contributed by atoms with Crippen molar-refractivity contribution in [3.8, 4) is 0 Å². The van der Waals surface area contributed by atoms with Crippen LogP contribution >= 0.6 is 0 Å². The van der Waals surface area contributed by atoms with E-state index in [2.05, 4.69) is 18.2 Å². The van der Waals surface area contributed by atoms with Gasteiger partial charge in [-0.15, -0.1) is 0 Å². The second kappa shape index (κ2) is 11.4. The van der Waals surface area contributed by atoms with Crippen LogP contribution in [0.4, 0.5) is 5.69 Å². The summed E-state index contributed by atoms with van der Waals surface area (Å²) in [5.74, 6) is -0.716. The van der Waals surface area contributed by atoms with E-state index in [9.17, 15) is 19.2 Å². The molecule has 0 N–H and O–H groups in total. The lowest BCUT2D eigenvalue weighted by Gasteiger charge is -2.38. The summed E-state index contributed by atoms with van der Waals surface area (Å²) in [5.41, 5.74) is 4.24. The van der Waals surface area contributed by atoms with Gasteiger partial charge in [-0.2, -0.15) is 0 Å². The molecule has 0 bridgehead atoms. The molecular weight excluding hydrogens is 534 g/mol. The van der Waals surface area contributed by atoms with Crippen molar-refractivity contribution < 1.29 is 19.2 Å². The van der Waals surface area contributed by atoms with E-state index in [1.54, 1.807) is 12.1 Å². The summed E-state index contributed by atoms with van der Waals surface area (Å²) in [4.78, 5) is 57.0. The number of fused-ring (bicyclic) bond motifs is 2. The average molecular weight is 570 g/mol. The Kier molecular flexibility index (Phi) is 7.26. The van der Waals surface area contributed by atoms with Gasteiger partial charge >= 0.3 is 0 Å². The largest absolute Gasteiger partial charge is 0.308 e. The van der Waals surface area contributed by atoms with E-state index in [4.69, 9.17) is 0 Å². The van der Waals surface area contributed by atoms with Gasteiger partial charge in [-0.05, 0) is 54.2 Å². The molecule has 5 nitrogen and oxygen atoms in total. The van der Waals surface area contributed by atoms with Crippen LogP contribution in [0.2, 0.25) is 0 Å². The zero-order valence-electron chi connectivity index (χ0n) is 24.2. The molecular formula is C38H35NO4. The standard InChI is InChI=1S/C38H35NO4/c40-34-23-27(21-24-9-2-1-3-10-24)28-13-4-5-17-32(28)39(33-18-8-14-29(33)34)36(42)20-19-26-22-35(41)30-15-6-11-25-12-7-16-31(37(25)30)38(26)43/h1-7,9-13,15-17,26-27,29,33H,8,14,18-23H2.